The van der Waals surface area contributed by atoms with Gasteiger partial charge in [0, 0.05) is 12.1 Å². The van der Waals surface area contributed by atoms with E-state index in [1.165, 1.54) is 6.42 Å². The fraction of sp³-hybridized carbons (Fsp3) is 1.00. The summed E-state index contributed by atoms with van der Waals surface area (Å²) in [5.74, 6) is 0. The normalized spacial score (nSPS) is 17.1. The number of hydrogen-bond acceptors (Lipinski definition) is 3. The first-order valence-corrected chi connectivity index (χ1v) is 6.49. The lowest BCUT2D eigenvalue weighted by Crippen LogP contribution is -2.43. The molecule has 2 N–H and O–H groups in total. The van der Waals surface area contributed by atoms with Crippen molar-refractivity contribution in [2.45, 2.75) is 64.5 Å². The van der Waals surface area contributed by atoms with E-state index in [0.717, 1.165) is 32.3 Å². The van der Waals surface area contributed by atoms with Crippen molar-refractivity contribution in [1.29, 1.82) is 0 Å². The molecule has 0 spiro atoms. The highest BCUT2D eigenvalue weighted by molar-refractivity contribution is 4.79. The third kappa shape index (κ3) is 7.20. The van der Waals surface area contributed by atoms with E-state index in [9.17, 15) is 5.11 Å². The Balaban J connectivity index is 3.46. The Morgan fingerprint density at radius 3 is 2.56 bits per heavy atom. The van der Waals surface area contributed by atoms with Crippen LogP contribution in [0, 0.1) is 0 Å². The van der Waals surface area contributed by atoms with E-state index in [4.69, 9.17) is 4.74 Å². The Morgan fingerprint density at radius 1 is 1.38 bits per heavy atom. The summed E-state index contributed by atoms with van der Waals surface area (Å²) in [5.41, 5.74) is -0.130. The van der Waals surface area contributed by atoms with Gasteiger partial charge in [0.15, 0.2) is 0 Å². The number of aliphatic hydroxyl groups is 1. The zero-order valence-electron chi connectivity index (χ0n) is 11.4. The fourth-order valence-electron chi connectivity index (χ4n) is 1.67. The Labute approximate surface area is 101 Å². The molecular weight excluding hydrogens is 202 g/mol. The Hall–Kier alpha value is -0.120. The molecule has 0 rings (SSSR count). The minimum absolute atomic E-state index is 0.130. The predicted octanol–water partition coefficient (Wildman–Crippen LogP) is 2.33. The van der Waals surface area contributed by atoms with Gasteiger partial charge in [-0.05, 0) is 46.6 Å². The lowest BCUT2D eigenvalue weighted by molar-refractivity contribution is 0.0553. The second-order valence-corrected chi connectivity index (χ2v) is 4.90. The van der Waals surface area contributed by atoms with Gasteiger partial charge in [0.05, 0.1) is 12.7 Å². The molecule has 0 aliphatic heterocycles. The molecule has 0 radical (unpaired) electrons. The lowest BCUT2D eigenvalue weighted by atomic mass is 9.96. The Kier molecular flexibility index (Phi) is 8.90. The molecule has 98 valence electrons. The van der Waals surface area contributed by atoms with Crippen molar-refractivity contribution in [3.05, 3.63) is 0 Å². The summed E-state index contributed by atoms with van der Waals surface area (Å²) in [6.07, 6.45) is 5.88. The summed E-state index contributed by atoms with van der Waals surface area (Å²) in [4.78, 5) is 0. The number of ether oxygens (including phenoxy) is 1. The minimum Gasteiger partial charge on any atom is -0.394 e. The maximum absolute atomic E-state index is 9.21. The molecular formula is C13H29NO2. The average molecular weight is 231 g/mol. The molecule has 3 nitrogen and oxygen atoms in total. The number of nitrogens with one attached hydrogen (secondary N) is 1. The Bertz CT molecular complexity index is 158. The van der Waals surface area contributed by atoms with Crippen LogP contribution in [0.15, 0.2) is 0 Å². The van der Waals surface area contributed by atoms with Crippen LogP contribution in [0.5, 0.6) is 0 Å². The molecule has 0 heterocycles. The van der Waals surface area contributed by atoms with Gasteiger partial charge in [-0.25, -0.2) is 0 Å². The molecule has 0 saturated carbocycles. The van der Waals surface area contributed by atoms with Crippen LogP contribution >= 0.6 is 0 Å². The van der Waals surface area contributed by atoms with E-state index in [1.807, 2.05) is 14.0 Å². The summed E-state index contributed by atoms with van der Waals surface area (Å²) in [6, 6.07) is 0. The lowest BCUT2D eigenvalue weighted by Gasteiger charge is -2.26. The van der Waals surface area contributed by atoms with E-state index >= 15 is 0 Å². The second-order valence-electron chi connectivity index (χ2n) is 4.90. The van der Waals surface area contributed by atoms with Crippen molar-refractivity contribution >= 4 is 0 Å². The highest BCUT2D eigenvalue weighted by Crippen LogP contribution is 2.13. The number of aliphatic hydroxyl groups excluding tert-OH is 1. The second kappa shape index (κ2) is 8.97. The van der Waals surface area contributed by atoms with Crippen LogP contribution < -0.4 is 5.32 Å². The van der Waals surface area contributed by atoms with Crippen molar-refractivity contribution in [1.82, 2.24) is 5.32 Å². The maximum atomic E-state index is 9.21. The van der Waals surface area contributed by atoms with Gasteiger partial charge in [-0.2, -0.15) is 0 Å². The minimum atomic E-state index is -0.130. The summed E-state index contributed by atoms with van der Waals surface area (Å²) < 4.78 is 5.68. The summed E-state index contributed by atoms with van der Waals surface area (Å²) in [6.45, 7) is 7.39. The van der Waals surface area contributed by atoms with Crippen LogP contribution in [0.3, 0.4) is 0 Å². The van der Waals surface area contributed by atoms with E-state index in [0.29, 0.717) is 6.10 Å². The van der Waals surface area contributed by atoms with Gasteiger partial charge in [0.1, 0.15) is 0 Å². The third-order valence-corrected chi connectivity index (χ3v) is 3.17. The Morgan fingerprint density at radius 2 is 2.06 bits per heavy atom. The van der Waals surface area contributed by atoms with Crippen molar-refractivity contribution in [2.24, 2.45) is 0 Å². The molecule has 16 heavy (non-hydrogen) atoms. The quantitative estimate of drug-likeness (QED) is 0.567. The van der Waals surface area contributed by atoms with Gasteiger partial charge in [0.25, 0.3) is 0 Å². The number of rotatable bonds is 10. The van der Waals surface area contributed by atoms with Crippen molar-refractivity contribution in [3.63, 3.8) is 0 Å². The number of unbranched alkanes of at least 4 members (excludes halogenated alkanes) is 1. The predicted molar refractivity (Wildman–Crippen MR) is 68.7 cm³/mol. The van der Waals surface area contributed by atoms with Gasteiger partial charge in [-0.15, -0.1) is 0 Å². The van der Waals surface area contributed by atoms with Crippen LogP contribution in [0.2, 0.25) is 0 Å². The van der Waals surface area contributed by atoms with Crippen molar-refractivity contribution < 1.29 is 9.84 Å². The summed E-state index contributed by atoms with van der Waals surface area (Å²) in [5, 5.41) is 12.4. The van der Waals surface area contributed by atoms with Crippen LogP contribution in [0.1, 0.15) is 52.9 Å². The first kappa shape index (κ1) is 15.9. The van der Waals surface area contributed by atoms with Crippen molar-refractivity contribution in [2.75, 3.05) is 20.3 Å². The molecule has 0 aliphatic rings. The fourth-order valence-corrected chi connectivity index (χ4v) is 1.67. The van der Waals surface area contributed by atoms with E-state index in [-0.39, 0.29) is 12.1 Å². The van der Waals surface area contributed by atoms with Gasteiger partial charge < -0.3 is 15.2 Å². The molecule has 0 aromatic carbocycles. The van der Waals surface area contributed by atoms with E-state index in [2.05, 4.69) is 19.2 Å². The zero-order valence-corrected chi connectivity index (χ0v) is 11.4. The van der Waals surface area contributed by atoms with E-state index < -0.39 is 0 Å². The van der Waals surface area contributed by atoms with Crippen molar-refractivity contribution in [3.8, 4) is 0 Å². The third-order valence-electron chi connectivity index (χ3n) is 3.17. The molecule has 0 saturated heterocycles. The molecule has 0 aromatic heterocycles. The largest absolute Gasteiger partial charge is 0.394 e. The summed E-state index contributed by atoms with van der Waals surface area (Å²) in [7, 11) is 1.90. The van der Waals surface area contributed by atoms with Gasteiger partial charge in [-0.1, -0.05) is 13.3 Å². The molecule has 0 amide bonds. The van der Waals surface area contributed by atoms with Crippen LogP contribution in [0.25, 0.3) is 0 Å². The van der Waals surface area contributed by atoms with Gasteiger partial charge in [0.2, 0.25) is 0 Å². The maximum Gasteiger partial charge on any atom is 0.0610 e. The van der Waals surface area contributed by atoms with Crippen LogP contribution in [0.4, 0.5) is 0 Å². The van der Waals surface area contributed by atoms with Gasteiger partial charge >= 0.3 is 0 Å². The van der Waals surface area contributed by atoms with Crippen LogP contribution in [-0.2, 0) is 4.74 Å². The highest BCUT2D eigenvalue weighted by atomic mass is 16.5. The molecule has 0 bridgehead atoms. The molecule has 2 atom stereocenters. The standard InChI is InChI=1S/C13H29NO2/c1-5-8-12(2)16-10-7-6-9-13(3,11-15)14-4/h12,14-15H,5-11H2,1-4H3. The smallest absolute Gasteiger partial charge is 0.0610 e. The number of likely N-dealkylation sites (N-methyl/N-ethyl adjacent to an activating group) is 1. The number of hydrogen-bond donors (Lipinski definition) is 2. The summed E-state index contributed by atoms with van der Waals surface area (Å²) >= 11 is 0. The SMILES string of the molecule is CCCC(C)OCCCCC(C)(CO)NC. The van der Waals surface area contributed by atoms with Gasteiger partial charge in [-0.3, -0.25) is 0 Å². The molecule has 0 aromatic rings. The zero-order chi connectivity index (χ0) is 12.4. The monoisotopic (exact) mass is 231 g/mol. The van der Waals surface area contributed by atoms with E-state index in [1.54, 1.807) is 0 Å². The average Bonchev–Trinajstić information content (AvgIpc) is 2.28. The van der Waals surface area contributed by atoms with Crippen LogP contribution in [-0.4, -0.2) is 37.0 Å². The molecule has 3 heteroatoms. The first-order chi connectivity index (χ1) is 7.58. The molecule has 0 fully saturated rings. The first-order valence-electron chi connectivity index (χ1n) is 6.49. The highest BCUT2D eigenvalue weighted by Gasteiger charge is 2.19. The topological polar surface area (TPSA) is 41.5 Å². The molecule has 0 aliphatic carbocycles. The molecule has 2 unspecified atom stereocenters.